The smallest absolute Gasteiger partial charge is 0.223 e. The number of nitrogens with one attached hydrogen (secondary N) is 2. The standard InChI is InChI=1S/C13H19N3O/c1-9-3-4-11(5-15-9)6-16-13(17)10(2)12-7-14-8-12/h3-5,10,12,14H,6-8H2,1-2H3,(H,16,17). The average Bonchev–Trinajstić information content (AvgIpc) is 2.25. The summed E-state index contributed by atoms with van der Waals surface area (Å²) in [5.41, 5.74) is 2.04. The normalized spacial score (nSPS) is 17.3. The second kappa shape index (κ2) is 5.27. The lowest BCUT2D eigenvalue weighted by Crippen LogP contribution is -2.49. The van der Waals surface area contributed by atoms with Gasteiger partial charge in [-0.25, -0.2) is 0 Å². The van der Waals surface area contributed by atoms with E-state index in [4.69, 9.17) is 0 Å². The molecule has 2 N–H and O–H groups in total. The molecule has 2 rings (SSSR count). The number of rotatable bonds is 4. The van der Waals surface area contributed by atoms with Crippen LogP contribution in [0.15, 0.2) is 18.3 Å². The van der Waals surface area contributed by atoms with Crippen LogP contribution in [-0.4, -0.2) is 24.0 Å². The van der Waals surface area contributed by atoms with Gasteiger partial charge in [0.25, 0.3) is 0 Å². The Hall–Kier alpha value is -1.42. The predicted octanol–water partition coefficient (Wildman–Crippen LogP) is 0.862. The van der Waals surface area contributed by atoms with E-state index in [-0.39, 0.29) is 11.8 Å². The van der Waals surface area contributed by atoms with Gasteiger partial charge in [-0.2, -0.15) is 0 Å². The van der Waals surface area contributed by atoms with Crippen molar-refractivity contribution >= 4 is 5.91 Å². The van der Waals surface area contributed by atoms with Crippen LogP contribution in [-0.2, 0) is 11.3 Å². The van der Waals surface area contributed by atoms with E-state index in [9.17, 15) is 4.79 Å². The maximum atomic E-state index is 11.9. The molecule has 1 unspecified atom stereocenters. The monoisotopic (exact) mass is 233 g/mol. The molecule has 92 valence electrons. The van der Waals surface area contributed by atoms with Gasteiger partial charge in [0, 0.05) is 24.4 Å². The molecular weight excluding hydrogens is 214 g/mol. The topological polar surface area (TPSA) is 54.0 Å². The molecule has 1 atom stereocenters. The number of hydrogen-bond acceptors (Lipinski definition) is 3. The van der Waals surface area contributed by atoms with Gasteiger partial charge in [0.2, 0.25) is 5.91 Å². The summed E-state index contributed by atoms with van der Waals surface area (Å²) < 4.78 is 0. The Labute approximate surface area is 102 Å². The number of carbonyl (C=O) groups is 1. The third-order valence-corrected chi connectivity index (χ3v) is 3.37. The van der Waals surface area contributed by atoms with Gasteiger partial charge in [0.15, 0.2) is 0 Å². The predicted molar refractivity (Wildman–Crippen MR) is 66.3 cm³/mol. The van der Waals surface area contributed by atoms with Gasteiger partial charge in [-0.05, 0) is 37.6 Å². The molecule has 1 aliphatic rings. The van der Waals surface area contributed by atoms with E-state index in [0.29, 0.717) is 12.5 Å². The van der Waals surface area contributed by atoms with Gasteiger partial charge in [-0.15, -0.1) is 0 Å². The fourth-order valence-corrected chi connectivity index (χ4v) is 1.83. The summed E-state index contributed by atoms with van der Waals surface area (Å²) in [7, 11) is 0. The first-order valence-corrected chi connectivity index (χ1v) is 6.07. The highest BCUT2D eigenvalue weighted by atomic mass is 16.1. The van der Waals surface area contributed by atoms with Crippen molar-refractivity contribution in [2.24, 2.45) is 11.8 Å². The van der Waals surface area contributed by atoms with E-state index >= 15 is 0 Å². The summed E-state index contributed by atoms with van der Waals surface area (Å²) in [6.45, 7) is 6.43. The van der Waals surface area contributed by atoms with Crippen molar-refractivity contribution < 1.29 is 4.79 Å². The third kappa shape index (κ3) is 3.03. The fraction of sp³-hybridized carbons (Fsp3) is 0.538. The first-order valence-electron chi connectivity index (χ1n) is 6.07. The molecule has 0 aromatic carbocycles. The van der Waals surface area contributed by atoms with Crippen molar-refractivity contribution in [1.29, 1.82) is 0 Å². The summed E-state index contributed by atoms with van der Waals surface area (Å²) in [4.78, 5) is 16.1. The second-order valence-electron chi connectivity index (χ2n) is 4.73. The third-order valence-electron chi connectivity index (χ3n) is 3.37. The Morgan fingerprint density at radius 2 is 2.35 bits per heavy atom. The molecule has 0 radical (unpaired) electrons. The van der Waals surface area contributed by atoms with Crippen molar-refractivity contribution in [2.75, 3.05) is 13.1 Å². The van der Waals surface area contributed by atoms with Gasteiger partial charge < -0.3 is 10.6 Å². The minimum Gasteiger partial charge on any atom is -0.352 e. The van der Waals surface area contributed by atoms with Crippen LogP contribution in [0.4, 0.5) is 0 Å². The maximum Gasteiger partial charge on any atom is 0.223 e. The Bertz CT molecular complexity index is 384. The number of nitrogens with zero attached hydrogens (tertiary/aromatic N) is 1. The highest BCUT2D eigenvalue weighted by Crippen LogP contribution is 2.15. The van der Waals surface area contributed by atoms with Crippen molar-refractivity contribution in [1.82, 2.24) is 15.6 Å². The zero-order valence-corrected chi connectivity index (χ0v) is 10.4. The van der Waals surface area contributed by atoms with Crippen molar-refractivity contribution in [2.45, 2.75) is 20.4 Å². The number of carbonyl (C=O) groups excluding carboxylic acids is 1. The Morgan fingerprint density at radius 3 is 2.88 bits per heavy atom. The molecule has 0 saturated carbocycles. The van der Waals surface area contributed by atoms with E-state index in [0.717, 1.165) is 24.3 Å². The first-order chi connectivity index (χ1) is 8.16. The van der Waals surface area contributed by atoms with Crippen LogP contribution in [0.25, 0.3) is 0 Å². The summed E-state index contributed by atoms with van der Waals surface area (Å²) in [6.07, 6.45) is 1.81. The number of aryl methyl sites for hydroxylation is 1. The first kappa shape index (κ1) is 12.0. The molecule has 2 heterocycles. The van der Waals surface area contributed by atoms with E-state index < -0.39 is 0 Å². The Balaban J connectivity index is 1.81. The van der Waals surface area contributed by atoms with Crippen LogP contribution in [0.5, 0.6) is 0 Å². The molecule has 1 saturated heterocycles. The molecule has 0 aliphatic carbocycles. The van der Waals surface area contributed by atoms with Gasteiger partial charge in [0.1, 0.15) is 0 Å². The van der Waals surface area contributed by atoms with E-state index in [1.165, 1.54) is 0 Å². The van der Waals surface area contributed by atoms with Gasteiger partial charge in [0.05, 0.1) is 0 Å². The van der Waals surface area contributed by atoms with E-state index in [2.05, 4.69) is 15.6 Å². The van der Waals surface area contributed by atoms with Crippen molar-refractivity contribution in [3.05, 3.63) is 29.6 Å². The highest BCUT2D eigenvalue weighted by Gasteiger charge is 2.28. The molecular formula is C13H19N3O. The molecule has 1 amide bonds. The maximum absolute atomic E-state index is 11.9. The van der Waals surface area contributed by atoms with Crippen LogP contribution in [0.2, 0.25) is 0 Å². The van der Waals surface area contributed by atoms with E-state index in [1.54, 1.807) is 0 Å². The summed E-state index contributed by atoms with van der Waals surface area (Å²) in [5.74, 6) is 0.720. The SMILES string of the molecule is Cc1ccc(CNC(=O)C(C)C2CNC2)cn1. The molecule has 4 nitrogen and oxygen atoms in total. The minimum atomic E-state index is 0.0923. The van der Waals surface area contributed by atoms with Crippen LogP contribution in [0.3, 0.4) is 0 Å². The number of hydrogen-bond donors (Lipinski definition) is 2. The number of pyridine rings is 1. The summed E-state index contributed by atoms with van der Waals surface area (Å²) in [6, 6.07) is 3.96. The van der Waals surface area contributed by atoms with Gasteiger partial charge >= 0.3 is 0 Å². The Kier molecular flexibility index (Phi) is 3.74. The van der Waals surface area contributed by atoms with Gasteiger partial charge in [-0.3, -0.25) is 9.78 Å². The van der Waals surface area contributed by atoms with Crippen LogP contribution < -0.4 is 10.6 Å². The van der Waals surface area contributed by atoms with Crippen LogP contribution >= 0.6 is 0 Å². The second-order valence-corrected chi connectivity index (χ2v) is 4.73. The molecule has 1 aromatic heterocycles. The van der Waals surface area contributed by atoms with Crippen molar-refractivity contribution in [3.63, 3.8) is 0 Å². The molecule has 0 spiro atoms. The molecule has 1 aromatic rings. The van der Waals surface area contributed by atoms with Gasteiger partial charge in [-0.1, -0.05) is 13.0 Å². The zero-order chi connectivity index (χ0) is 12.3. The number of amides is 1. The van der Waals surface area contributed by atoms with Crippen LogP contribution in [0.1, 0.15) is 18.2 Å². The van der Waals surface area contributed by atoms with Crippen LogP contribution in [0, 0.1) is 18.8 Å². The highest BCUT2D eigenvalue weighted by molar-refractivity contribution is 5.78. The molecule has 1 fully saturated rings. The molecule has 1 aliphatic heterocycles. The summed E-state index contributed by atoms with van der Waals surface area (Å²) in [5, 5.41) is 6.15. The molecule has 0 bridgehead atoms. The quantitative estimate of drug-likeness (QED) is 0.811. The lowest BCUT2D eigenvalue weighted by molar-refractivity contribution is -0.126. The summed E-state index contributed by atoms with van der Waals surface area (Å²) >= 11 is 0. The lowest BCUT2D eigenvalue weighted by atomic mass is 9.88. The fourth-order valence-electron chi connectivity index (χ4n) is 1.83. The molecule has 17 heavy (non-hydrogen) atoms. The zero-order valence-electron chi connectivity index (χ0n) is 10.4. The Morgan fingerprint density at radius 1 is 1.59 bits per heavy atom. The average molecular weight is 233 g/mol. The lowest BCUT2D eigenvalue weighted by Gasteiger charge is -2.31. The van der Waals surface area contributed by atoms with Crippen molar-refractivity contribution in [3.8, 4) is 0 Å². The molecule has 4 heteroatoms. The minimum absolute atomic E-state index is 0.0923. The number of aromatic nitrogens is 1. The largest absolute Gasteiger partial charge is 0.352 e. The van der Waals surface area contributed by atoms with E-state index in [1.807, 2.05) is 32.2 Å².